The molecule has 0 amide bonds. The van der Waals surface area contributed by atoms with E-state index in [1.54, 1.807) is 7.11 Å². The van der Waals surface area contributed by atoms with Gasteiger partial charge in [0.1, 0.15) is 16.9 Å². The molecule has 1 unspecified atom stereocenters. The van der Waals surface area contributed by atoms with E-state index < -0.39 is 6.10 Å². The molecule has 1 heterocycles. The first-order chi connectivity index (χ1) is 10.7. The Hall–Kier alpha value is -2.17. The Morgan fingerprint density at radius 1 is 1.14 bits per heavy atom. The van der Waals surface area contributed by atoms with E-state index in [9.17, 15) is 5.11 Å². The predicted octanol–water partition coefficient (Wildman–Crippen LogP) is 4.21. The molecule has 0 fully saturated rings. The molecule has 3 nitrogen and oxygen atoms in total. The molecule has 0 bridgehead atoms. The van der Waals surface area contributed by atoms with Crippen LogP contribution >= 0.6 is 11.3 Å². The Morgan fingerprint density at radius 2 is 1.95 bits per heavy atom. The van der Waals surface area contributed by atoms with Crippen LogP contribution < -0.4 is 4.74 Å². The monoisotopic (exact) mass is 311 g/mol. The highest BCUT2D eigenvalue weighted by molar-refractivity contribution is 7.10. The summed E-state index contributed by atoms with van der Waals surface area (Å²) >= 11 is 1.47. The number of thiazole rings is 1. The standard InChI is InChI=1S/C18H17NO2S/c1-12-6-3-4-9-15(12)16-11-22-18(19-16)17(20)13-7-5-8-14(10-13)21-2/h3-11,17,20H,1-2H3. The van der Waals surface area contributed by atoms with E-state index in [2.05, 4.69) is 18.0 Å². The van der Waals surface area contributed by atoms with Crippen molar-refractivity contribution in [1.29, 1.82) is 0 Å². The van der Waals surface area contributed by atoms with Crippen LogP contribution in [0.4, 0.5) is 0 Å². The largest absolute Gasteiger partial charge is 0.497 e. The van der Waals surface area contributed by atoms with Crippen molar-refractivity contribution in [3.05, 3.63) is 70.0 Å². The van der Waals surface area contributed by atoms with Crippen LogP contribution in [0, 0.1) is 6.92 Å². The Bertz CT molecular complexity index is 782. The van der Waals surface area contributed by atoms with Crippen LogP contribution in [0.15, 0.2) is 53.9 Å². The van der Waals surface area contributed by atoms with Gasteiger partial charge in [-0.05, 0) is 30.2 Å². The summed E-state index contributed by atoms with van der Waals surface area (Å²) in [4.78, 5) is 4.60. The van der Waals surface area contributed by atoms with Crippen molar-refractivity contribution in [2.75, 3.05) is 7.11 Å². The molecular formula is C18H17NO2S. The highest BCUT2D eigenvalue weighted by atomic mass is 32.1. The van der Waals surface area contributed by atoms with Gasteiger partial charge in [0, 0.05) is 10.9 Å². The maximum Gasteiger partial charge on any atom is 0.131 e. The third-order valence-corrected chi connectivity index (χ3v) is 4.48. The fourth-order valence-corrected chi connectivity index (χ4v) is 3.18. The first-order valence-electron chi connectivity index (χ1n) is 7.02. The summed E-state index contributed by atoms with van der Waals surface area (Å²) in [5.41, 5.74) is 3.96. The highest BCUT2D eigenvalue weighted by Crippen LogP contribution is 2.31. The Balaban J connectivity index is 1.91. The van der Waals surface area contributed by atoms with E-state index in [1.807, 2.05) is 47.8 Å². The molecule has 1 N–H and O–H groups in total. The topological polar surface area (TPSA) is 42.4 Å². The molecule has 0 radical (unpaired) electrons. The lowest BCUT2D eigenvalue weighted by molar-refractivity contribution is 0.219. The number of aliphatic hydroxyl groups is 1. The Labute approximate surface area is 133 Å². The number of aromatic nitrogens is 1. The number of hydrogen-bond acceptors (Lipinski definition) is 4. The number of nitrogens with zero attached hydrogens (tertiary/aromatic N) is 1. The van der Waals surface area contributed by atoms with Crippen molar-refractivity contribution in [3.63, 3.8) is 0 Å². The van der Waals surface area contributed by atoms with Crippen molar-refractivity contribution in [1.82, 2.24) is 4.98 Å². The summed E-state index contributed by atoms with van der Waals surface area (Å²) in [6.07, 6.45) is -0.738. The summed E-state index contributed by atoms with van der Waals surface area (Å²) in [6, 6.07) is 15.6. The summed E-state index contributed by atoms with van der Waals surface area (Å²) in [6.45, 7) is 2.06. The second kappa shape index (κ2) is 6.30. The molecule has 112 valence electrons. The molecule has 3 rings (SSSR count). The van der Waals surface area contributed by atoms with E-state index >= 15 is 0 Å². The zero-order valence-corrected chi connectivity index (χ0v) is 13.3. The quantitative estimate of drug-likeness (QED) is 0.785. The van der Waals surface area contributed by atoms with Crippen LogP contribution in [0.25, 0.3) is 11.3 Å². The van der Waals surface area contributed by atoms with Crippen LogP contribution in [-0.4, -0.2) is 17.2 Å². The number of rotatable bonds is 4. The second-order valence-electron chi connectivity index (χ2n) is 5.07. The number of aliphatic hydroxyl groups excluding tert-OH is 1. The van der Waals surface area contributed by atoms with Gasteiger partial charge in [0.2, 0.25) is 0 Å². The minimum atomic E-state index is -0.738. The summed E-state index contributed by atoms with van der Waals surface area (Å²) in [5, 5.41) is 13.2. The van der Waals surface area contributed by atoms with Gasteiger partial charge < -0.3 is 9.84 Å². The third kappa shape index (κ3) is 2.89. The van der Waals surface area contributed by atoms with E-state index in [4.69, 9.17) is 4.74 Å². The van der Waals surface area contributed by atoms with Crippen LogP contribution in [-0.2, 0) is 0 Å². The van der Waals surface area contributed by atoms with Gasteiger partial charge in [-0.3, -0.25) is 0 Å². The number of hydrogen-bond donors (Lipinski definition) is 1. The molecule has 22 heavy (non-hydrogen) atoms. The van der Waals surface area contributed by atoms with Crippen LogP contribution in [0.3, 0.4) is 0 Å². The van der Waals surface area contributed by atoms with Gasteiger partial charge in [-0.1, -0.05) is 36.4 Å². The molecule has 0 saturated carbocycles. The summed E-state index contributed by atoms with van der Waals surface area (Å²) in [7, 11) is 1.62. The van der Waals surface area contributed by atoms with Crippen molar-refractivity contribution in [3.8, 4) is 17.0 Å². The molecule has 0 aliphatic heterocycles. The number of benzene rings is 2. The first-order valence-corrected chi connectivity index (χ1v) is 7.90. The van der Waals surface area contributed by atoms with E-state index in [0.29, 0.717) is 5.01 Å². The summed E-state index contributed by atoms with van der Waals surface area (Å²) in [5.74, 6) is 0.729. The lowest BCUT2D eigenvalue weighted by Gasteiger charge is -2.09. The number of aryl methyl sites for hydroxylation is 1. The Kier molecular flexibility index (Phi) is 4.22. The minimum Gasteiger partial charge on any atom is -0.497 e. The molecule has 1 aromatic heterocycles. The smallest absolute Gasteiger partial charge is 0.131 e. The van der Waals surface area contributed by atoms with Gasteiger partial charge in [0.15, 0.2) is 0 Å². The van der Waals surface area contributed by atoms with Crippen molar-refractivity contribution < 1.29 is 9.84 Å². The first kappa shape index (κ1) is 14.8. The van der Waals surface area contributed by atoms with Crippen molar-refractivity contribution in [2.24, 2.45) is 0 Å². The minimum absolute atomic E-state index is 0.687. The number of methoxy groups -OCH3 is 1. The van der Waals surface area contributed by atoms with Gasteiger partial charge in [0.25, 0.3) is 0 Å². The average molecular weight is 311 g/mol. The predicted molar refractivity (Wildman–Crippen MR) is 89.3 cm³/mol. The molecular weight excluding hydrogens is 294 g/mol. The van der Waals surface area contributed by atoms with Crippen LogP contribution in [0.1, 0.15) is 22.2 Å². The molecule has 3 aromatic rings. The lowest BCUT2D eigenvalue weighted by Crippen LogP contribution is -1.99. The molecule has 4 heteroatoms. The number of ether oxygens (including phenoxy) is 1. The van der Waals surface area contributed by atoms with E-state index in [1.165, 1.54) is 16.9 Å². The van der Waals surface area contributed by atoms with Gasteiger partial charge >= 0.3 is 0 Å². The molecule has 0 aliphatic carbocycles. The molecule has 0 spiro atoms. The average Bonchev–Trinajstić information content (AvgIpc) is 3.04. The maximum absolute atomic E-state index is 10.5. The molecule has 0 aliphatic rings. The van der Waals surface area contributed by atoms with Gasteiger partial charge in [-0.15, -0.1) is 11.3 Å². The molecule has 2 aromatic carbocycles. The lowest BCUT2D eigenvalue weighted by atomic mass is 10.1. The molecule has 0 saturated heterocycles. The van der Waals surface area contributed by atoms with Crippen molar-refractivity contribution in [2.45, 2.75) is 13.0 Å². The second-order valence-corrected chi connectivity index (χ2v) is 5.95. The zero-order chi connectivity index (χ0) is 15.5. The van der Waals surface area contributed by atoms with Crippen LogP contribution in [0.2, 0.25) is 0 Å². The molecule has 1 atom stereocenters. The fourth-order valence-electron chi connectivity index (χ4n) is 2.35. The van der Waals surface area contributed by atoms with Gasteiger partial charge in [-0.2, -0.15) is 0 Å². The van der Waals surface area contributed by atoms with Gasteiger partial charge in [-0.25, -0.2) is 4.98 Å². The maximum atomic E-state index is 10.5. The van der Waals surface area contributed by atoms with E-state index in [-0.39, 0.29) is 0 Å². The third-order valence-electron chi connectivity index (χ3n) is 3.59. The summed E-state index contributed by atoms with van der Waals surface area (Å²) < 4.78 is 5.20. The fraction of sp³-hybridized carbons (Fsp3) is 0.167. The SMILES string of the molecule is COc1cccc(C(O)c2nc(-c3ccccc3C)cs2)c1. The Morgan fingerprint density at radius 3 is 2.73 bits per heavy atom. The van der Waals surface area contributed by atoms with Gasteiger partial charge in [0.05, 0.1) is 12.8 Å². The van der Waals surface area contributed by atoms with Crippen molar-refractivity contribution >= 4 is 11.3 Å². The highest BCUT2D eigenvalue weighted by Gasteiger charge is 2.16. The van der Waals surface area contributed by atoms with E-state index in [0.717, 1.165) is 22.6 Å². The zero-order valence-electron chi connectivity index (χ0n) is 12.5. The normalized spacial score (nSPS) is 12.1. The van der Waals surface area contributed by atoms with Crippen LogP contribution in [0.5, 0.6) is 5.75 Å².